The predicted molar refractivity (Wildman–Crippen MR) is 78.3 cm³/mol. The third kappa shape index (κ3) is 5.32. The van der Waals surface area contributed by atoms with Gasteiger partial charge in [0.2, 0.25) is 0 Å². The molecule has 8 heteroatoms. The highest BCUT2D eigenvalue weighted by Gasteiger charge is 2.25. The smallest absolute Gasteiger partial charge is 0.407 e. The Hall–Kier alpha value is -1.57. The van der Waals surface area contributed by atoms with Gasteiger partial charge in [0.05, 0.1) is 0 Å². The van der Waals surface area contributed by atoms with E-state index < -0.39 is 35.5 Å². The number of carbonyl (C=O) groups is 1. The van der Waals surface area contributed by atoms with E-state index in [1.165, 1.54) is 0 Å². The topological polar surface area (TPSA) is 99.0 Å². The zero-order valence-electron chi connectivity index (χ0n) is 12.4. The Kier molecular flexibility index (Phi) is 5.99. The van der Waals surface area contributed by atoms with Crippen LogP contribution in [0.4, 0.5) is 9.18 Å². The number of halogens is 2. The van der Waals surface area contributed by atoms with Crippen LogP contribution in [0.3, 0.4) is 0 Å². The number of aromatic hydroxyl groups is 1. The first-order valence-electron chi connectivity index (χ1n) is 6.52. The minimum Gasteiger partial charge on any atom is -0.505 e. The molecule has 2 atom stereocenters. The van der Waals surface area contributed by atoms with E-state index in [4.69, 9.17) is 16.3 Å². The average molecular weight is 336 g/mol. The number of ether oxygens (including phenoxy) is 1. The van der Waals surface area contributed by atoms with E-state index in [0.29, 0.717) is 0 Å². The summed E-state index contributed by atoms with van der Waals surface area (Å²) in [4.78, 5) is 11.4. The van der Waals surface area contributed by atoms with Crippen LogP contribution in [0.2, 0.25) is 5.02 Å². The molecule has 6 nitrogen and oxygen atoms in total. The molecule has 0 spiro atoms. The van der Waals surface area contributed by atoms with Crippen LogP contribution < -0.4 is 5.32 Å². The highest BCUT2D eigenvalue weighted by atomic mass is 35.5. The summed E-state index contributed by atoms with van der Waals surface area (Å²) >= 11 is 5.64. The molecule has 0 aromatic heterocycles. The molecule has 4 N–H and O–H groups in total. The van der Waals surface area contributed by atoms with Gasteiger partial charge in [-0.2, -0.15) is 0 Å². The molecule has 0 aliphatic carbocycles. The van der Waals surface area contributed by atoms with Crippen LogP contribution >= 0.6 is 11.6 Å². The summed E-state index contributed by atoms with van der Waals surface area (Å²) in [6.07, 6.45) is -3.90. The molecule has 1 aromatic carbocycles. The number of hydrogen-bond donors (Lipinski definition) is 4. The molecule has 124 valence electrons. The maximum atomic E-state index is 13.3. The first-order chi connectivity index (χ1) is 10.0. The SMILES string of the molecule is CC(C)(C)OC(=O)NCC(O)C(O)c1cc(Cl)cc(F)c1O. The van der Waals surface area contributed by atoms with E-state index in [1.807, 2.05) is 0 Å². The lowest BCUT2D eigenvalue weighted by Gasteiger charge is -2.22. The van der Waals surface area contributed by atoms with Crippen LogP contribution in [0.15, 0.2) is 12.1 Å². The summed E-state index contributed by atoms with van der Waals surface area (Å²) in [6.45, 7) is 4.66. The number of phenolic OH excluding ortho intramolecular Hbond substituents is 1. The van der Waals surface area contributed by atoms with Crippen LogP contribution in [-0.4, -0.2) is 39.7 Å². The van der Waals surface area contributed by atoms with Gasteiger partial charge in [0.15, 0.2) is 11.6 Å². The lowest BCUT2D eigenvalue weighted by molar-refractivity contribution is 0.0117. The molecule has 1 rings (SSSR count). The molecule has 0 saturated carbocycles. The van der Waals surface area contributed by atoms with E-state index in [-0.39, 0.29) is 17.1 Å². The molecule has 2 unspecified atom stereocenters. The number of alkyl carbamates (subject to hydrolysis) is 1. The van der Waals surface area contributed by atoms with E-state index in [1.54, 1.807) is 20.8 Å². The van der Waals surface area contributed by atoms with Gasteiger partial charge in [-0.1, -0.05) is 11.6 Å². The Labute approximate surface area is 132 Å². The molecule has 1 amide bonds. The standard InChI is InChI=1S/C14H19ClFNO5/c1-14(2,3)22-13(21)17-6-10(18)12(20)8-4-7(15)5-9(16)11(8)19/h4-5,10,12,18-20H,6H2,1-3H3,(H,17,21). The van der Waals surface area contributed by atoms with E-state index >= 15 is 0 Å². The van der Waals surface area contributed by atoms with Gasteiger partial charge in [-0.05, 0) is 32.9 Å². The number of aliphatic hydroxyl groups excluding tert-OH is 2. The zero-order valence-corrected chi connectivity index (χ0v) is 13.2. The zero-order chi connectivity index (χ0) is 17.1. The summed E-state index contributed by atoms with van der Waals surface area (Å²) < 4.78 is 18.3. The van der Waals surface area contributed by atoms with Gasteiger partial charge in [-0.3, -0.25) is 0 Å². The van der Waals surface area contributed by atoms with Gasteiger partial charge in [0.25, 0.3) is 0 Å². The Morgan fingerprint density at radius 3 is 2.55 bits per heavy atom. The normalized spacial score (nSPS) is 14.3. The molecule has 22 heavy (non-hydrogen) atoms. The van der Waals surface area contributed by atoms with Crippen molar-refractivity contribution in [3.8, 4) is 5.75 Å². The van der Waals surface area contributed by atoms with Gasteiger partial charge < -0.3 is 25.4 Å². The third-order valence-corrected chi connectivity index (χ3v) is 2.81. The van der Waals surface area contributed by atoms with Crippen LogP contribution in [0.1, 0.15) is 32.4 Å². The van der Waals surface area contributed by atoms with Crippen LogP contribution in [0, 0.1) is 5.82 Å². The lowest BCUT2D eigenvalue weighted by atomic mass is 10.0. The van der Waals surface area contributed by atoms with Crippen LogP contribution in [0.5, 0.6) is 5.75 Å². The van der Waals surface area contributed by atoms with E-state index in [2.05, 4.69) is 5.32 Å². The fourth-order valence-electron chi connectivity index (χ4n) is 1.63. The molecule has 0 fully saturated rings. The fourth-order valence-corrected chi connectivity index (χ4v) is 1.85. The summed E-state index contributed by atoms with van der Waals surface area (Å²) in [5, 5.41) is 31.5. The number of benzene rings is 1. The van der Waals surface area contributed by atoms with Crippen molar-refractivity contribution in [2.45, 2.75) is 38.6 Å². The van der Waals surface area contributed by atoms with Crippen molar-refractivity contribution in [1.82, 2.24) is 5.32 Å². The van der Waals surface area contributed by atoms with Crippen molar-refractivity contribution in [3.05, 3.63) is 28.5 Å². The molecule has 0 bridgehead atoms. The molecular formula is C14H19ClFNO5. The minimum atomic E-state index is -1.64. The third-order valence-electron chi connectivity index (χ3n) is 2.60. The molecule has 0 aliphatic rings. The molecule has 1 aromatic rings. The van der Waals surface area contributed by atoms with Crippen LogP contribution in [0.25, 0.3) is 0 Å². The Morgan fingerprint density at radius 1 is 1.41 bits per heavy atom. The van der Waals surface area contributed by atoms with Crippen molar-refractivity contribution < 1.29 is 29.2 Å². The number of phenols is 1. The van der Waals surface area contributed by atoms with E-state index in [0.717, 1.165) is 12.1 Å². The second-order valence-electron chi connectivity index (χ2n) is 5.72. The fraction of sp³-hybridized carbons (Fsp3) is 0.500. The number of amides is 1. The predicted octanol–water partition coefficient (Wildman–Crippen LogP) is 2.10. The van der Waals surface area contributed by atoms with Crippen molar-refractivity contribution >= 4 is 17.7 Å². The summed E-state index contributed by atoms with van der Waals surface area (Å²) in [5.41, 5.74) is -0.981. The van der Waals surface area contributed by atoms with Gasteiger partial charge in [-0.15, -0.1) is 0 Å². The molecule has 0 radical (unpaired) electrons. The largest absolute Gasteiger partial charge is 0.505 e. The van der Waals surface area contributed by atoms with Crippen molar-refractivity contribution in [2.24, 2.45) is 0 Å². The highest BCUT2D eigenvalue weighted by molar-refractivity contribution is 6.30. The Bertz CT molecular complexity index is 547. The Morgan fingerprint density at radius 2 is 2.00 bits per heavy atom. The number of nitrogens with one attached hydrogen (secondary N) is 1. The number of hydrogen-bond acceptors (Lipinski definition) is 5. The molecule has 0 saturated heterocycles. The summed E-state index contributed by atoms with van der Waals surface area (Å²) in [6, 6.07) is 2.00. The number of aliphatic hydroxyl groups is 2. The number of rotatable bonds is 4. The number of carbonyl (C=O) groups excluding carboxylic acids is 1. The second-order valence-corrected chi connectivity index (χ2v) is 6.16. The molecule has 0 aliphatic heterocycles. The maximum Gasteiger partial charge on any atom is 0.407 e. The quantitative estimate of drug-likeness (QED) is 0.675. The van der Waals surface area contributed by atoms with Gasteiger partial charge in [-0.25, -0.2) is 9.18 Å². The van der Waals surface area contributed by atoms with Gasteiger partial charge in [0.1, 0.15) is 17.8 Å². The Balaban J connectivity index is 2.70. The maximum absolute atomic E-state index is 13.3. The second kappa shape index (κ2) is 7.13. The summed E-state index contributed by atoms with van der Waals surface area (Å²) in [5.74, 6) is -1.83. The van der Waals surface area contributed by atoms with E-state index in [9.17, 15) is 24.5 Å². The monoisotopic (exact) mass is 335 g/mol. The summed E-state index contributed by atoms with van der Waals surface area (Å²) in [7, 11) is 0. The minimum absolute atomic E-state index is 0.0448. The van der Waals surface area contributed by atoms with Crippen molar-refractivity contribution in [3.63, 3.8) is 0 Å². The van der Waals surface area contributed by atoms with Crippen molar-refractivity contribution in [1.29, 1.82) is 0 Å². The van der Waals surface area contributed by atoms with Crippen molar-refractivity contribution in [2.75, 3.05) is 6.54 Å². The lowest BCUT2D eigenvalue weighted by Crippen LogP contribution is -2.38. The molecular weight excluding hydrogens is 317 g/mol. The van der Waals surface area contributed by atoms with Gasteiger partial charge >= 0.3 is 6.09 Å². The first kappa shape index (κ1) is 18.5. The highest BCUT2D eigenvalue weighted by Crippen LogP contribution is 2.32. The van der Waals surface area contributed by atoms with Gasteiger partial charge in [0, 0.05) is 17.1 Å². The average Bonchev–Trinajstić information content (AvgIpc) is 2.37. The first-order valence-corrected chi connectivity index (χ1v) is 6.90. The molecule has 0 heterocycles. The van der Waals surface area contributed by atoms with Crippen LogP contribution in [-0.2, 0) is 4.74 Å².